The third kappa shape index (κ3) is 5.13. The largest absolute Gasteiger partial charge is 0.482 e. The van der Waals surface area contributed by atoms with Gasteiger partial charge in [-0.15, -0.1) is 0 Å². The number of hydrogen-bond acceptors (Lipinski definition) is 3. The van der Waals surface area contributed by atoms with Crippen LogP contribution in [0.3, 0.4) is 0 Å². The number of para-hydroxylation sites is 1. The van der Waals surface area contributed by atoms with E-state index < -0.39 is 0 Å². The van der Waals surface area contributed by atoms with Gasteiger partial charge in [0.25, 0.3) is 5.91 Å². The summed E-state index contributed by atoms with van der Waals surface area (Å²) < 4.78 is 5.48. The Morgan fingerprint density at radius 1 is 1.09 bits per heavy atom. The number of halogens is 1. The number of carbonyl (C=O) groups is 2. The van der Waals surface area contributed by atoms with Crippen molar-refractivity contribution in [1.82, 2.24) is 9.80 Å². The first-order valence-electron chi connectivity index (χ1n) is 7.90. The zero-order valence-electron chi connectivity index (χ0n) is 13.6. The molecular weight excluding hydrogens is 316 g/mol. The van der Waals surface area contributed by atoms with E-state index in [2.05, 4.69) is 0 Å². The van der Waals surface area contributed by atoms with Crippen LogP contribution < -0.4 is 4.74 Å². The van der Waals surface area contributed by atoms with Crippen molar-refractivity contribution < 1.29 is 14.3 Å². The average Bonchev–Trinajstić information content (AvgIpc) is 2.53. The van der Waals surface area contributed by atoms with E-state index in [0.717, 1.165) is 0 Å². The molecule has 1 aliphatic heterocycles. The van der Waals surface area contributed by atoms with Crippen molar-refractivity contribution >= 4 is 23.4 Å². The Morgan fingerprint density at radius 3 is 2.22 bits per heavy atom. The highest BCUT2D eigenvalue weighted by atomic mass is 35.5. The smallest absolute Gasteiger partial charge is 0.260 e. The molecule has 1 saturated heterocycles. The van der Waals surface area contributed by atoms with Crippen LogP contribution in [0.15, 0.2) is 24.3 Å². The lowest BCUT2D eigenvalue weighted by atomic mass is 10.1. The van der Waals surface area contributed by atoms with E-state index in [0.29, 0.717) is 49.3 Å². The van der Waals surface area contributed by atoms with E-state index in [1.54, 1.807) is 17.0 Å². The van der Waals surface area contributed by atoms with Crippen molar-refractivity contribution in [3.63, 3.8) is 0 Å². The normalized spacial score (nSPS) is 15.0. The Kier molecular flexibility index (Phi) is 6.28. The number of hydrogen-bond donors (Lipinski definition) is 0. The van der Waals surface area contributed by atoms with Crippen LogP contribution in [0.1, 0.15) is 20.3 Å². The number of benzene rings is 1. The van der Waals surface area contributed by atoms with Crippen LogP contribution in [-0.4, -0.2) is 54.4 Å². The van der Waals surface area contributed by atoms with Crippen LogP contribution in [0.2, 0.25) is 5.02 Å². The first kappa shape index (κ1) is 17.6. The molecule has 0 aliphatic carbocycles. The number of carbonyl (C=O) groups excluding carboxylic acids is 2. The highest BCUT2D eigenvalue weighted by Crippen LogP contribution is 2.23. The molecule has 126 valence electrons. The zero-order chi connectivity index (χ0) is 16.8. The molecule has 1 aromatic rings. The van der Waals surface area contributed by atoms with Gasteiger partial charge < -0.3 is 14.5 Å². The third-order valence-corrected chi connectivity index (χ3v) is 4.07. The SMILES string of the molecule is CC(C)CC(=O)N1CCN(C(=O)COc2ccccc2Cl)CC1. The first-order chi connectivity index (χ1) is 11.0. The molecule has 1 aromatic carbocycles. The lowest BCUT2D eigenvalue weighted by Gasteiger charge is -2.35. The third-order valence-electron chi connectivity index (χ3n) is 3.76. The van der Waals surface area contributed by atoms with Gasteiger partial charge in [-0.3, -0.25) is 9.59 Å². The quantitative estimate of drug-likeness (QED) is 0.828. The van der Waals surface area contributed by atoms with Gasteiger partial charge in [0.05, 0.1) is 5.02 Å². The highest BCUT2D eigenvalue weighted by Gasteiger charge is 2.24. The standard InChI is InChI=1S/C17H23ClN2O3/c1-13(2)11-16(21)19-7-9-20(10-8-19)17(22)12-23-15-6-4-3-5-14(15)18/h3-6,13H,7-12H2,1-2H3. The molecule has 1 heterocycles. The van der Waals surface area contributed by atoms with Crippen LogP contribution in [-0.2, 0) is 9.59 Å². The summed E-state index contributed by atoms with van der Waals surface area (Å²) in [7, 11) is 0. The maximum absolute atomic E-state index is 12.2. The zero-order valence-corrected chi connectivity index (χ0v) is 14.4. The highest BCUT2D eigenvalue weighted by molar-refractivity contribution is 6.32. The Balaban J connectivity index is 1.77. The predicted molar refractivity (Wildman–Crippen MR) is 89.6 cm³/mol. The van der Waals surface area contributed by atoms with Crippen LogP contribution >= 0.6 is 11.6 Å². The van der Waals surface area contributed by atoms with Crippen molar-refractivity contribution in [2.75, 3.05) is 32.8 Å². The summed E-state index contributed by atoms with van der Waals surface area (Å²) in [6.45, 7) is 6.30. The van der Waals surface area contributed by atoms with E-state index in [1.807, 2.05) is 30.9 Å². The molecular formula is C17H23ClN2O3. The first-order valence-corrected chi connectivity index (χ1v) is 8.28. The van der Waals surface area contributed by atoms with E-state index in [-0.39, 0.29) is 18.4 Å². The van der Waals surface area contributed by atoms with Gasteiger partial charge in [0.2, 0.25) is 5.91 Å². The van der Waals surface area contributed by atoms with E-state index in [9.17, 15) is 9.59 Å². The molecule has 0 bridgehead atoms. The molecule has 2 amide bonds. The van der Waals surface area contributed by atoms with Gasteiger partial charge in [-0.05, 0) is 18.1 Å². The van der Waals surface area contributed by atoms with Crippen LogP contribution in [0.5, 0.6) is 5.75 Å². The summed E-state index contributed by atoms with van der Waals surface area (Å²) >= 11 is 5.99. The Labute approximate surface area is 142 Å². The molecule has 0 aromatic heterocycles. The Bertz CT molecular complexity index is 555. The maximum Gasteiger partial charge on any atom is 0.260 e. The van der Waals surface area contributed by atoms with Crippen LogP contribution in [0.25, 0.3) is 0 Å². The van der Waals surface area contributed by atoms with Crippen molar-refractivity contribution in [2.24, 2.45) is 5.92 Å². The lowest BCUT2D eigenvalue weighted by molar-refractivity contribution is -0.141. The predicted octanol–water partition coefficient (Wildman–Crippen LogP) is 2.44. The fourth-order valence-electron chi connectivity index (χ4n) is 2.48. The molecule has 0 unspecified atom stereocenters. The lowest BCUT2D eigenvalue weighted by Crippen LogP contribution is -2.51. The minimum absolute atomic E-state index is 0.0380. The fraction of sp³-hybridized carbons (Fsp3) is 0.529. The summed E-state index contributed by atoms with van der Waals surface area (Å²) in [6.07, 6.45) is 0.559. The van der Waals surface area contributed by atoms with Gasteiger partial charge >= 0.3 is 0 Å². The topological polar surface area (TPSA) is 49.9 Å². The van der Waals surface area contributed by atoms with Crippen molar-refractivity contribution in [1.29, 1.82) is 0 Å². The summed E-state index contributed by atoms with van der Waals surface area (Å²) in [6, 6.07) is 7.08. The van der Waals surface area contributed by atoms with Crippen molar-refractivity contribution in [3.05, 3.63) is 29.3 Å². The molecule has 0 radical (unpaired) electrons. The van der Waals surface area contributed by atoms with Gasteiger partial charge in [0.1, 0.15) is 5.75 Å². The number of piperazine rings is 1. The van der Waals surface area contributed by atoms with Gasteiger partial charge in [0, 0.05) is 32.6 Å². The second-order valence-electron chi connectivity index (χ2n) is 6.08. The molecule has 2 rings (SSSR count). The summed E-state index contributed by atoms with van der Waals surface area (Å²) in [5, 5.41) is 0.490. The molecule has 1 fully saturated rings. The Morgan fingerprint density at radius 2 is 1.65 bits per heavy atom. The Hall–Kier alpha value is -1.75. The number of nitrogens with zero attached hydrogens (tertiary/aromatic N) is 2. The number of ether oxygens (including phenoxy) is 1. The summed E-state index contributed by atoms with van der Waals surface area (Å²) in [5.74, 6) is 0.944. The van der Waals surface area contributed by atoms with Gasteiger partial charge in [0.15, 0.2) is 6.61 Å². The molecule has 0 spiro atoms. The van der Waals surface area contributed by atoms with E-state index in [4.69, 9.17) is 16.3 Å². The minimum atomic E-state index is -0.0825. The molecule has 23 heavy (non-hydrogen) atoms. The monoisotopic (exact) mass is 338 g/mol. The average molecular weight is 339 g/mol. The maximum atomic E-state index is 12.2. The van der Waals surface area contributed by atoms with Crippen LogP contribution in [0.4, 0.5) is 0 Å². The molecule has 5 nitrogen and oxygen atoms in total. The van der Waals surface area contributed by atoms with Crippen molar-refractivity contribution in [2.45, 2.75) is 20.3 Å². The second kappa shape index (κ2) is 8.20. The van der Waals surface area contributed by atoms with E-state index >= 15 is 0 Å². The summed E-state index contributed by atoms with van der Waals surface area (Å²) in [5.41, 5.74) is 0. The molecule has 6 heteroatoms. The van der Waals surface area contributed by atoms with E-state index in [1.165, 1.54) is 0 Å². The molecule has 0 atom stereocenters. The summed E-state index contributed by atoms with van der Waals surface area (Å²) in [4.78, 5) is 27.8. The fourth-order valence-corrected chi connectivity index (χ4v) is 2.67. The van der Waals surface area contributed by atoms with Gasteiger partial charge in [-0.25, -0.2) is 0 Å². The van der Waals surface area contributed by atoms with Crippen LogP contribution in [0, 0.1) is 5.92 Å². The van der Waals surface area contributed by atoms with Crippen molar-refractivity contribution in [3.8, 4) is 5.75 Å². The minimum Gasteiger partial charge on any atom is -0.482 e. The van der Waals surface area contributed by atoms with Gasteiger partial charge in [-0.1, -0.05) is 37.6 Å². The number of amides is 2. The number of rotatable bonds is 5. The molecule has 0 saturated carbocycles. The second-order valence-corrected chi connectivity index (χ2v) is 6.49. The molecule has 0 N–H and O–H groups in total. The van der Waals surface area contributed by atoms with Gasteiger partial charge in [-0.2, -0.15) is 0 Å². The molecule has 1 aliphatic rings.